The first-order valence-electron chi connectivity index (χ1n) is 8.18. The minimum absolute atomic E-state index is 0.0835. The molecule has 0 spiro atoms. The highest BCUT2D eigenvalue weighted by atomic mass is 32.2. The Kier molecular flexibility index (Phi) is 4.44. The molecule has 6 nitrogen and oxygen atoms in total. The summed E-state index contributed by atoms with van der Waals surface area (Å²) in [7, 11) is -3.52. The Hall–Kier alpha value is -1.44. The molecule has 2 bridgehead atoms. The van der Waals surface area contributed by atoms with Crippen molar-refractivity contribution in [2.24, 2.45) is 5.41 Å². The number of carbonyl (C=O) groups excluding carboxylic acids is 1. The number of nitrogens with zero attached hydrogens (tertiary/aromatic N) is 2. The number of morpholine rings is 2. The molecular weight excluding hydrogens is 328 g/mol. The molecule has 1 aromatic carbocycles. The Labute approximate surface area is 143 Å². The number of carbonyl (C=O) groups is 1. The smallest absolute Gasteiger partial charge is 0.243 e. The van der Waals surface area contributed by atoms with Crippen LogP contribution in [-0.2, 0) is 19.6 Å². The summed E-state index contributed by atoms with van der Waals surface area (Å²) in [5.74, 6) is 0.0835. The molecule has 2 aliphatic rings. The minimum Gasteiger partial charge on any atom is -0.369 e. The topological polar surface area (TPSA) is 66.9 Å². The largest absolute Gasteiger partial charge is 0.369 e. The van der Waals surface area contributed by atoms with Crippen LogP contribution in [0.15, 0.2) is 35.2 Å². The summed E-state index contributed by atoms with van der Waals surface area (Å²) < 4.78 is 32.9. The van der Waals surface area contributed by atoms with Crippen LogP contribution >= 0.6 is 0 Å². The van der Waals surface area contributed by atoms with Gasteiger partial charge in [0.25, 0.3) is 0 Å². The van der Waals surface area contributed by atoms with Gasteiger partial charge in [-0.1, -0.05) is 39.0 Å². The van der Waals surface area contributed by atoms with Crippen LogP contribution in [0.2, 0.25) is 0 Å². The van der Waals surface area contributed by atoms with E-state index in [0.717, 1.165) is 0 Å². The fourth-order valence-corrected chi connectivity index (χ4v) is 4.76. The van der Waals surface area contributed by atoms with Crippen LogP contribution < -0.4 is 0 Å². The van der Waals surface area contributed by atoms with E-state index in [0.29, 0.717) is 18.0 Å². The van der Waals surface area contributed by atoms with E-state index in [9.17, 15) is 13.2 Å². The maximum absolute atomic E-state index is 12.8. The third kappa shape index (κ3) is 3.34. The molecule has 2 heterocycles. The summed E-state index contributed by atoms with van der Waals surface area (Å²) in [4.78, 5) is 14.6. The second-order valence-corrected chi connectivity index (χ2v) is 9.41. The van der Waals surface area contributed by atoms with Crippen molar-refractivity contribution in [1.82, 2.24) is 9.21 Å². The molecule has 2 atom stereocenters. The Morgan fingerprint density at radius 3 is 2.08 bits per heavy atom. The zero-order valence-corrected chi connectivity index (χ0v) is 15.1. The van der Waals surface area contributed by atoms with Gasteiger partial charge in [-0.25, -0.2) is 8.42 Å². The highest BCUT2D eigenvalue weighted by Crippen LogP contribution is 2.27. The SMILES string of the molecule is CC(C)(C)C(=O)N1C[C@@H]2CN(S(=O)(=O)c3ccccc3)C[C@H](C1)O2. The van der Waals surface area contributed by atoms with Gasteiger partial charge in [-0.05, 0) is 12.1 Å². The molecule has 2 fully saturated rings. The van der Waals surface area contributed by atoms with Crippen LogP contribution in [0.3, 0.4) is 0 Å². The van der Waals surface area contributed by atoms with Crippen LogP contribution in [0.5, 0.6) is 0 Å². The lowest BCUT2D eigenvalue weighted by Crippen LogP contribution is -2.62. The quantitative estimate of drug-likeness (QED) is 0.805. The second kappa shape index (κ2) is 6.13. The zero-order valence-electron chi connectivity index (χ0n) is 14.3. The molecular formula is C17H24N2O4S. The number of ether oxygens (including phenoxy) is 1. The van der Waals surface area contributed by atoms with E-state index in [-0.39, 0.29) is 31.2 Å². The third-order valence-corrected chi connectivity index (χ3v) is 6.20. The van der Waals surface area contributed by atoms with Crippen molar-refractivity contribution in [1.29, 1.82) is 0 Å². The highest BCUT2D eigenvalue weighted by Gasteiger charge is 2.42. The summed E-state index contributed by atoms with van der Waals surface area (Å²) in [6.45, 7) is 7.12. The lowest BCUT2D eigenvalue weighted by atomic mass is 9.93. The number of hydrogen-bond donors (Lipinski definition) is 0. The Morgan fingerprint density at radius 1 is 1.04 bits per heavy atom. The predicted octanol–water partition coefficient (Wildman–Crippen LogP) is 1.33. The van der Waals surface area contributed by atoms with Gasteiger partial charge in [0.15, 0.2) is 0 Å². The van der Waals surface area contributed by atoms with Crippen molar-refractivity contribution >= 4 is 15.9 Å². The minimum atomic E-state index is -3.52. The maximum Gasteiger partial charge on any atom is 0.243 e. The molecule has 0 aromatic heterocycles. The highest BCUT2D eigenvalue weighted by molar-refractivity contribution is 7.89. The molecule has 1 aromatic rings. The van der Waals surface area contributed by atoms with E-state index >= 15 is 0 Å². The molecule has 2 aliphatic heterocycles. The fourth-order valence-electron chi connectivity index (χ4n) is 3.23. The van der Waals surface area contributed by atoms with Crippen molar-refractivity contribution in [3.63, 3.8) is 0 Å². The average molecular weight is 352 g/mol. The molecule has 24 heavy (non-hydrogen) atoms. The molecule has 1 amide bonds. The molecule has 0 saturated carbocycles. The van der Waals surface area contributed by atoms with Crippen molar-refractivity contribution in [2.75, 3.05) is 26.2 Å². The molecule has 0 N–H and O–H groups in total. The van der Waals surface area contributed by atoms with Gasteiger partial charge in [0.1, 0.15) is 0 Å². The van der Waals surface area contributed by atoms with Crippen molar-refractivity contribution < 1.29 is 17.9 Å². The van der Waals surface area contributed by atoms with E-state index in [1.807, 2.05) is 25.7 Å². The van der Waals surface area contributed by atoms with Crippen LogP contribution in [0.1, 0.15) is 20.8 Å². The van der Waals surface area contributed by atoms with Gasteiger partial charge in [0.2, 0.25) is 15.9 Å². The third-order valence-electron chi connectivity index (χ3n) is 4.36. The van der Waals surface area contributed by atoms with E-state index in [1.165, 1.54) is 4.31 Å². The van der Waals surface area contributed by atoms with E-state index in [1.54, 1.807) is 30.3 Å². The van der Waals surface area contributed by atoms with Crippen molar-refractivity contribution in [2.45, 2.75) is 37.9 Å². The Bertz CT molecular complexity index is 698. The fraction of sp³-hybridized carbons (Fsp3) is 0.588. The zero-order chi connectivity index (χ0) is 17.5. The van der Waals surface area contributed by atoms with Gasteiger partial charge in [-0.3, -0.25) is 4.79 Å². The van der Waals surface area contributed by atoms with Crippen LogP contribution in [0, 0.1) is 5.41 Å². The summed E-state index contributed by atoms with van der Waals surface area (Å²) in [6.07, 6.45) is -0.551. The van der Waals surface area contributed by atoms with E-state index in [2.05, 4.69) is 0 Å². The lowest BCUT2D eigenvalue weighted by Gasteiger charge is -2.46. The standard InChI is InChI=1S/C17H24N2O4S/c1-17(2,3)16(20)18-9-13-11-19(12-14(10-18)23-13)24(21,22)15-7-5-4-6-8-15/h4-8,13-14H,9-12H2,1-3H3/t13-,14+. The number of benzene rings is 1. The van der Waals surface area contributed by atoms with E-state index in [4.69, 9.17) is 4.74 Å². The predicted molar refractivity (Wildman–Crippen MR) is 89.9 cm³/mol. The number of fused-ring (bicyclic) bond motifs is 2. The van der Waals surface area contributed by atoms with Gasteiger partial charge in [-0.15, -0.1) is 0 Å². The summed E-state index contributed by atoms with van der Waals surface area (Å²) in [5, 5.41) is 0. The summed E-state index contributed by atoms with van der Waals surface area (Å²) in [5.41, 5.74) is -0.443. The van der Waals surface area contributed by atoms with Crippen LogP contribution in [0.4, 0.5) is 0 Å². The molecule has 7 heteroatoms. The normalized spacial score (nSPS) is 25.5. The molecule has 0 unspecified atom stereocenters. The first kappa shape index (κ1) is 17.4. The van der Waals surface area contributed by atoms with Gasteiger partial charge >= 0.3 is 0 Å². The van der Waals surface area contributed by atoms with Gasteiger partial charge < -0.3 is 9.64 Å². The Balaban J connectivity index is 1.75. The van der Waals surface area contributed by atoms with Crippen LogP contribution in [0.25, 0.3) is 0 Å². The first-order chi connectivity index (χ1) is 11.2. The van der Waals surface area contributed by atoms with Crippen molar-refractivity contribution in [3.05, 3.63) is 30.3 Å². The Morgan fingerprint density at radius 2 is 1.58 bits per heavy atom. The first-order valence-corrected chi connectivity index (χ1v) is 9.62. The van der Waals surface area contributed by atoms with Crippen LogP contribution in [-0.4, -0.2) is 61.9 Å². The number of amides is 1. The monoisotopic (exact) mass is 352 g/mol. The number of sulfonamides is 1. The second-order valence-electron chi connectivity index (χ2n) is 7.48. The van der Waals surface area contributed by atoms with Crippen molar-refractivity contribution in [3.8, 4) is 0 Å². The molecule has 3 rings (SSSR count). The number of rotatable bonds is 2. The number of hydrogen-bond acceptors (Lipinski definition) is 4. The van der Waals surface area contributed by atoms with Gasteiger partial charge in [0, 0.05) is 31.6 Å². The van der Waals surface area contributed by atoms with Gasteiger partial charge in [-0.2, -0.15) is 4.31 Å². The molecule has 2 saturated heterocycles. The lowest BCUT2D eigenvalue weighted by molar-refractivity contribution is -0.161. The summed E-state index contributed by atoms with van der Waals surface area (Å²) in [6, 6.07) is 8.45. The molecule has 132 valence electrons. The van der Waals surface area contributed by atoms with Gasteiger partial charge in [0.05, 0.1) is 17.1 Å². The average Bonchev–Trinajstić information content (AvgIpc) is 2.53. The van der Waals surface area contributed by atoms with E-state index < -0.39 is 15.4 Å². The molecule has 0 radical (unpaired) electrons. The maximum atomic E-state index is 12.8. The molecule has 0 aliphatic carbocycles. The summed E-state index contributed by atoms with van der Waals surface area (Å²) >= 11 is 0.